The Balaban J connectivity index is 1.30. The van der Waals surface area contributed by atoms with Crippen LogP contribution in [0.2, 0.25) is 10.0 Å². The van der Waals surface area contributed by atoms with Gasteiger partial charge in [0.2, 0.25) is 0 Å². The first-order valence-corrected chi connectivity index (χ1v) is 20.6. The number of halogens is 2. The molecule has 0 unspecified atom stereocenters. The van der Waals surface area contributed by atoms with E-state index in [2.05, 4.69) is 95.2 Å². The second-order valence-corrected chi connectivity index (χ2v) is 20.2. The molecule has 310 valence electrons. The van der Waals surface area contributed by atoms with Gasteiger partial charge in [0.05, 0.1) is 11.1 Å². The highest BCUT2D eigenvalue weighted by molar-refractivity contribution is 6.31. The van der Waals surface area contributed by atoms with Crippen molar-refractivity contribution >= 4 is 57.2 Å². The number of fused-ring (bicyclic) bond motifs is 2. The lowest BCUT2D eigenvalue weighted by molar-refractivity contribution is 0.0731. The molecule has 12 heteroatoms. The summed E-state index contributed by atoms with van der Waals surface area (Å²) in [7, 11) is 0. The van der Waals surface area contributed by atoms with Crippen LogP contribution in [-0.2, 0) is 21.7 Å². The Morgan fingerprint density at radius 3 is 1.18 bits per heavy atom. The Bertz CT molecular complexity index is 2640. The van der Waals surface area contributed by atoms with Crippen molar-refractivity contribution in [3.8, 4) is 22.9 Å². The third-order valence-corrected chi connectivity index (χ3v) is 10.8. The summed E-state index contributed by atoms with van der Waals surface area (Å²) in [6.45, 7) is 25.1. The van der Waals surface area contributed by atoms with Crippen LogP contribution in [0.3, 0.4) is 0 Å². The molecule has 0 spiro atoms. The van der Waals surface area contributed by atoms with E-state index in [0.717, 1.165) is 22.3 Å². The van der Waals surface area contributed by atoms with Gasteiger partial charge in [-0.1, -0.05) is 124 Å². The maximum atomic E-state index is 14.3. The zero-order chi connectivity index (χ0) is 43.7. The van der Waals surface area contributed by atoms with Crippen molar-refractivity contribution < 1.29 is 19.1 Å². The van der Waals surface area contributed by atoms with Gasteiger partial charge >= 0.3 is 11.9 Å². The SMILES string of the molecule is CC(C)(C)c1cc(-n2nc3ccc(Cl)cc3n2)c(OC(=O)c2cccc(C(=O)Oc3c(-n4nc5ccc(Cl)cc5n4)cc(C(C)(C)C)cc3C(C)(C)C)c2)c(C(C)(C)C)c1. The zero-order valence-corrected chi connectivity index (χ0v) is 37.7. The van der Waals surface area contributed by atoms with Crippen molar-refractivity contribution in [1.29, 1.82) is 0 Å². The van der Waals surface area contributed by atoms with Crippen LogP contribution in [0.25, 0.3) is 33.4 Å². The quantitative estimate of drug-likeness (QED) is 0.120. The summed E-state index contributed by atoms with van der Waals surface area (Å²) in [5, 5.41) is 20.1. The molecule has 0 atom stereocenters. The highest BCUT2D eigenvalue weighted by Crippen LogP contribution is 2.42. The van der Waals surface area contributed by atoms with Crippen molar-refractivity contribution in [3.63, 3.8) is 0 Å². The smallest absolute Gasteiger partial charge is 0.343 e. The van der Waals surface area contributed by atoms with Crippen molar-refractivity contribution in [2.75, 3.05) is 0 Å². The molecular formula is C48H50Cl2N6O4. The van der Waals surface area contributed by atoms with Gasteiger partial charge in [-0.05, 0) is 99.5 Å². The maximum Gasteiger partial charge on any atom is 0.343 e. The second-order valence-electron chi connectivity index (χ2n) is 19.3. The van der Waals surface area contributed by atoms with Crippen LogP contribution in [0.1, 0.15) is 126 Å². The number of ether oxygens (including phenoxy) is 2. The molecular weight excluding hydrogens is 795 g/mol. The van der Waals surface area contributed by atoms with Crippen LogP contribution in [0, 0.1) is 0 Å². The number of carbonyl (C=O) groups excluding carboxylic acids is 2. The van der Waals surface area contributed by atoms with E-state index in [1.807, 2.05) is 12.1 Å². The lowest BCUT2D eigenvalue weighted by Gasteiger charge is -2.28. The summed E-state index contributed by atoms with van der Waals surface area (Å²) in [6, 6.07) is 25.0. The summed E-state index contributed by atoms with van der Waals surface area (Å²) >= 11 is 12.6. The number of hydrogen-bond acceptors (Lipinski definition) is 8. The van der Waals surface area contributed by atoms with E-state index >= 15 is 0 Å². The van der Waals surface area contributed by atoms with Crippen LogP contribution in [0.4, 0.5) is 0 Å². The lowest BCUT2D eigenvalue weighted by Crippen LogP contribution is -2.22. The fourth-order valence-electron chi connectivity index (χ4n) is 6.79. The molecule has 60 heavy (non-hydrogen) atoms. The van der Waals surface area contributed by atoms with Crippen molar-refractivity contribution in [2.45, 2.75) is 105 Å². The molecule has 0 radical (unpaired) electrons. The first kappa shape index (κ1) is 42.5. The Labute approximate surface area is 360 Å². The summed E-state index contributed by atoms with van der Waals surface area (Å²) in [6.07, 6.45) is 0. The number of carbonyl (C=O) groups is 2. The van der Waals surface area contributed by atoms with Gasteiger partial charge < -0.3 is 9.47 Å². The third-order valence-electron chi connectivity index (χ3n) is 10.3. The minimum Gasteiger partial charge on any atom is -0.420 e. The Morgan fingerprint density at radius 1 is 0.467 bits per heavy atom. The van der Waals surface area contributed by atoms with Gasteiger partial charge in [-0.25, -0.2) is 9.59 Å². The average Bonchev–Trinajstić information content (AvgIpc) is 3.76. The fraction of sp³-hybridized carbons (Fsp3) is 0.333. The molecule has 7 rings (SSSR count). The molecule has 2 aromatic heterocycles. The molecule has 0 fully saturated rings. The maximum absolute atomic E-state index is 14.3. The second kappa shape index (κ2) is 15.2. The molecule has 0 N–H and O–H groups in total. The molecule has 10 nitrogen and oxygen atoms in total. The van der Waals surface area contributed by atoms with Gasteiger partial charge in [0, 0.05) is 21.2 Å². The van der Waals surface area contributed by atoms with Crippen LogP contribution in [-0.4, -0.2) is 41.9 Å². The van der Waals surface area contributed by atoms with Gasteiger partial charge in [-0.15, -0.1) is 30.0 Å². The van der Waals surface area contributed by atoms with Crippen molar-refractivity contribution in [1.82, 2.24) is 30.0 Å². The largest absolute Gasteiger partial charge is 0.420 e. The van der Waals surface area contributed by atoms with E-state index in [-0.39, 0.29) is 22.0 Å². The predicted octanol–water partition coefficient (Wildman–Crippen LogP) is 12.1. The van der Waals surface area contributed by atoms with Crippen molar-refractivity contribution in [2.24, 2.45) is 0 Å². The molecule has 0 saturated heterocycles. The monoisotopic (exact) mass is 844 g/mol. The summed E-state index contributed by atoms with van der Waals surface area (Å²) in [5.74, 6) is -0.731. The topological polar surface area (TPSA) is 114 Å². The summed E-state index contributed by atoms with van der Waals surface area (Å²) < 4.78 is 12.7. The van der Waals surface area contributed by atoms with Gasteiger partial charge in [-0.3, -0.25) is 0 Å². The van der Waals surface area contributed by atoms with Gasteiger partial charge in [0.15, 0.2) is 11.5 Å². The van der Waals surface area contributed by atoms with Gasteiger partial charge in [0.1, 0.15) is 33.4 Å². The molecule has 0 saturated carbocycles. The number of benzene rings is 5. The normalized spacial score (nSPS) is 12.6. The fourth-order valence-corrected chi connectivity index (χ4v) is 7.12. The predicted molar refractivity (Wildman–Crippen MR) is 239 cm³/mol. The highest BCUT2D eigenvalue weighted by Gasteiger charge is 2.32. The van der Waals surface area contributed by atoms with E-state index in [4.69, 9.17) is 53.1 Å². The van der Waals surface area contributed by atoms with E-state index in [9.17, 15) is 9.59 Å². The Kier molecular flexibility index (Phi) is 10.7. The first-order valence-electron chi connectivity index (χ1n) is 19.9. The minimum atomic E-state index is -0.670. The molecule has 7 aromatic rings. The number of nitrogens with zero attached hydrogens (tertiary/aromatic N) is 6. The Hall–Kier alpha value is -5.58. The summed E-state index contributed by atoms with van der Waals surface area (Å²) in [5.41, 5.74) is 5.91. The molecule has 5 aromatic carbocycles. The van der Waals surface area contributed by atoms with Crippen LogP contribution >= 0.6 is 23.2 Å². The highest BCUT2D eigenvalue weighted by atomic mass is 35.5. The molecule has 0 aliphatic rings. The molecule has 0 aliphatic heterocycles. The number of esters is 2. The van der Waals surface area contributed by atoms with Gasteiger partial charge in [0.25, 0.3) is 0 Å². The van der Waals surface area contributed by atoms with E-state index < -0.39 is 22.8 Å². The lowest BCUT2D eigenvalue weighted by atomic mass is 9.79. The zero-order valence-electron chi connectivity index (χ0n) is 36.2. The van der Waals surface area contributed by atoms with Crippen molar-refractivity contribution in [3.05, 3.63) is 128 Å². The molecule has 0 bridgehead atoms. The minimum absolute atomic E-state index is 0.150. The first-order chi connectivity index (χ1) is 27.9. The summed E-state index contributed by atoms with van der Waals surface area (Å²) in [4.78, 5) is 31.6. The molecule has 2 heterocycles. The van der Waals surface area contributed by atoms with Crippen LogP contribution in [0.15, 0.2) is 84.9 Å². The van der Waals surface area contributed by atoms with E-state index in [1.54, 1.807) is 54.6 Å². The average molecular weight is 846 g/mol. The molecule has 0 amide bonds. The number of rotatable bonds is 6. The number of aromatic nitrogens is 6. The standard InChI is InChI=1S/C48H50Cl2N6O4/c1-45(2,3)29-21-33(47(7,8)9)41(39(23-29)55-51-35-18-16-31(49)25-37(35)53-55)59-43(57)27-14-13-15-28(20-27)44(58)60-42-34(48(10,11)12)22-30(46(4,5)6)24-40(42)56-52-36-19-17-32(50)26-38(36)54-56/h13-26H,1-12H3. The Morgan fingerprint density at radius 2 is 0.833 bits per heavy atom. The molecule has 0 aliphatic carbocycles. The van der Waals surface area contributed by atoms with Crippen LogP contribution < -0.4 is 9.47 Å². The van der Waals surface area contributed by atoms with E-state index in [0.29, 0.717) is 55.0 Å². The van der Waals surface area contributed by atoms with E-state index in [1.165, 1.54) is 15.7 Å². The third kappa shape index (κ3) is 8.67. The van der Waals surface area contributed by atoms with Gasteiger partial charge in [-0.2, -0.15) is 0 Å². The number of hydrogen-bond donors (Lipinski definition) is 0. The van der Waals surface area contributed by atoms with Crippen LogP contribution in [0.5, 0.6) is 11.5 Å².